The number of rotatable bonds is 3. The van der Waals surface area contributed by atoms with Crippen molar-refractivity contribution in [2.24, 2.45) is 0 Å². The Bertz CT molecular complexity index is 1000. The summed E-state index contributed by atoms with van der Waals surface area (Å²) >= 11 is 3.15. The van der Waals surface area contributed by atoms with Gasteiger partial charge in [-0.1, -0.05) is 53.8 Å². The zero-order valence-electron chi connectivity index (χ0n) is 14.4. The molecule has 0 spiro atoms. The number of anilines is 1. The molecule has 2 aliphatic rings. The second-order valence-corrected chi connectivity index (χ2v) is 9.04. The Hall–Kier alpha value is -2.38. The fourth-order valence-electron chi connectivity index (χ4n) is 3.95. The molecule has 2 saturated heterocycles. The summed E-state index contributed by atoms with van der Waals surface area (Å²) in [6, 6.07) is 17.4. The Labute approximate surface area is 164 Å². The van der Waals surface area contributed by atoms with Gasteiger partial charge in [0.05, 0.1) is 10.2 Å². The molecule has 1 aromatic heterocycles. The van der Waals surface area contributed by atoms with Crippen LogP contribution in [-0.4, -0.2) is 33.5 Å². The van der Waals surface area contributed by atoms with Crippen LogP contribution >= 0.6 is 23.1 Å². The van der Waals surface area contributed by atoms with Crippen LogP contribution < -0.4 is 5.32 Å². The lowest BCUT2D eigenvalue weighted by atomic mass is 10.0. The molecule has 5 nitrogen and oxygen atoms in total. The van der Waals surface area contributed by atoms with Crippen molar-refractivity contribution in [3.63, 3.8) is 0 Å². The van der Waals surface area contributed by atoms with Gasteiger partial charge in [0.2, 0.25) is 11.8 Å². The largest absolute Gasteiger partial charge is 0.311 e. The third-order valence-corrected chi connectivity index (χ3v) is 7.73. The van der Waals surface area contributed by atoms with Crippen molar-refractivity contribution in [3.8, 4) is 0 Å². The van der Waals surface area contributed by atoms with Crippen LogP contribution in [0.1, 0.15) is 18.4 Å². The first-order chi connectivity index (χ1) is 13.2. The number of thioether (sulfide) groups is 1. The van der Waals surface area contributed by atoms with E-state index in [-0.39, 0.29) is 11.8 Å². The van der Waals surface area contributed by atoms with Gasteiger partial charge in [-0.25, -0.2) is 4.98 Å². The molecule has 3 heterocycles. The summed E-state index contributed by atoms with van der Waals surface area (Å²) in [6.45, 7) is 0. The average Bonchev–Trinajstić information content (AvgIpc) is 3.36. The maximum Gasteiger partial charge on any atom is 0.249 e. The summed E-state index contributed by atoms with van der Waals surface area (Å²) in [7, 11) is 0. The van der Waals surface area contributed by atoms with Crippen LogP contribution in [0.4, 0.5) is 5.13 Å². The molecule has 0 aliphatic carbocycles. The number of carbonyl (C=O) groups excluding carboxylic acids is 2. The number of nitrogens with zero attached hydrogens (tertiary/aromatic N) is 2. The molecule has 27 heavy (non-hydrogen) atoms. The van der Waals surface area contributed by atoms with Gasteiger partial charge >= 0.3 is 0 Å². The molecule has 2 amide bonds. The molecule has 5 rings (SSSR count). The second kappa shape index (κ2) is 6.35. The number of para-hydroxylation sites is 1. The lowest BCUT2D eigenvalue weighted by Gasteiger charge is -2.33. The molecule has 7 heteroatoms. The molecule has 2 aliphatic heterocycles. The zero-order chi connectivity index (χ0) is 18.4. The van der Waals surface area contributed by atoms with E-state index < -0.39 is 10.9 Å². The topological polar surface area (TPSA) is 62.3 Å². The maximum absolute atomic E-state index is 13.0. The first-order valence-corrected chi connectivity index (χ1v) is 10.7. The molecule has 0 radical (unpaired) electrons. The van der Waals surface area contributed by atoms with Gasteiger partial charge < -0.3 is 10.2 Å². The van der Waals surface area contributed by atoms with E-state index in [1.165, 1.54) is 11.3 Å². The van der Waals surface area contributed by atoms with Crippen molar-refractivity contribution < 1.29 is 9.59 Å². The van der Waals surface area contributed by atoms with E-state index in [2.05, 4.69) is 10.3 Å². The van der Waals surface area contributed by atoms with Crippen LogP contribution in [0, 0.1) is 0 Å². The number of nitrogens with one attached hydrogen (secondary N) is 1. The first-order valence-electron chi connectivity index (χ1n) is 8.85. The predicted octanol–water partition coefficient (Wildman–Crippen LogP) is 3.83. The summed E-state index contributed by atoms with van der Waals surface area (Å²) in [5.41, 5.74) is 1.96. The molecule has 2 atom stereocenters. The molecule has 0 unspecified atom stereocenters. The number of carbonyl (C=O) groups is 2. The summed E-state index contributed by atoms with van der Waals surface area (Å²) in [6.07, 6.45) is 1.22. The molecule has 3 aromatic rings. The maximum atomic E-state index is 13.0. The summed E-state index contributed by atoms with van der Waals surface area (Å²) in [5, 5.41) is 3.52. The van der Waals surface area contributed by atoms with Crippen molar-refractivity contribution >= 4 is 50.3 Å². The Morgan fingerprint density at radius 2 is 1.93 bits per heavy atom. The van der Waals surface area contributed by atoms with Gasteiger partial charge in [0, 0.05) is 12.2 Å². The van der Waals surface area contributed by atoms with Gasteiger partial charge in [-0.05, 0) is 24.1 Å². The van der Waals surface area contributed by atoms with Crippen LogP contribution in [0.3, 0.4) is 0 Å². The highest BCUT2D eigenvalue weighted by Gasteiger charge is 2.56. The van der Waals surface area contributed by atoms with E-state index in [0.29, 0.717) is 17.3 Å². The number of thiazole rings is 1. The van der Waals surface area contributed by atoms with Gasteiger partial charge in [0.1, 0.15) is 10.9 Å². The summed E-state index contributed by atoms with van der Waals surface area (Å²) in [4.78, 5) is 31.5. The van der Waals surface area contributed by atoms with Gasteiger partial charge in [0.15, 0.2) is 5.13 Å². The fourth-order valence-corrected chi connectivity index (χ4v) is 6.47. The van der Waals surface area contributed by atoms with E-state index in [0.717, 1.165) is 22.2 Å². The molecular weight excluding hydrogens is 378 g/mol. The van der Waals surface area contributed by atoms with Crippen LogP contribution in [0.5, 0.6) is 0 Å². The molecule has 0 saturated carbocycles. The molecule has 2 fully saturated rings. The molecule has 136 valence electrons. The minimum atomic E-state index is -0.475. The Balaban J connectivity index is 1.43. The number of amides is 2. The van der Waals surface area contributed by atoms with Crippen LogP contribution in [0.15, 0.2) is 54.6 Å². The highest BCUT2D eigenvalue weighted by molar-refractivity contribution is 8.00. The van der Waals surface area contributed by atoms with Crippen molar-refractivity contribution in [2.75, 3.05) is 11.1 Å². The molecule has 0 bridgehead atoms. The minimum absolute atomic E-state index is 0.0494. The third-order valence-electron chi connectivity index (χ3n) is 5.18. The summed E-state index contributed by atoms with van der Waals surface area (Å²) < 4.78 is 1.03. The third kappa shape index (κ3) is 2.64. The number of hydrogen-bond acceptors (Lipinski definition) is 5. The molecule has 2 aromatic carbocycles. The minimum Gasteiger partial charge on any atom is -0.311 e. The smallest absolute Gasteiger partial charge is 0.249 e. The van der Waals surface area contributed by atoms with E-state index in [9.17, 15) is 9.59 Å². The molecular formula is C20H17N3O2S2. The van der Waals surface area contributed by atoms with Crippen LogP contribution in [0.25, 0.3) is 10.2 Å². The second-order valence-electron chi connectivity index (χ2n) is 6.72. The fraction of sp³-hybridized carbons (Fsp3) is 0.250. The van der Waals surface area contributed by atoms with Crippen molar-refractivity contribution in [1.29, 1.82) is 0 Å². The number of fused-ring (bicyclic) bond motifs is 2. The zero-order valence-corrected chi connectivity index (χ0v) is 16.1. The summed E-state index contributed by atoms with van der Waals surface area (Å²) in [5.74, 6) is 0.486. The van der Waals surface area contributed by atoms with Gasteiger partial charge in [0.25, 0.3) is 0 Å². The van der Waals surface area contributed by atoms with Crippen molar-refractivity contribution in [3.05, 3.63) is 60.2 Å². The monoisotopic (exact) mass is 395 g/mol. The highest BCUT2D eigenvalue weighted by atomic mass is 32.2. The van der Waals surface area contributed by atoms with Crippen LogP contribution in [0.2, 0.25) is 0 Å². The Morgan fingerprint density at radius 3 is 2.74 bits per heavy atom. The average molecular weight is 396 g/mol. The van der Waals surface area contributed by atoms with Crippen molar-refractivity contribution in [2.45, 2.75) is 23.8 Å². The normalized spacial score (nSPS) is 24.4. The first kappa shape index (κ1) is 16.8. The number of benzene rings is 2. The van der Waals surface area contributed by atoms with E-state index >= 15 is 0 Å². The highest BCUT2D eigenvalue weighted by Crippen LogP contribution is 2.54. The lowest BCUT2D eigenvalue weighted by Crippen LogP contribution is -2.48. The molecule has 1 N–H and O–H groups in total. The standard InChI is InChI=1S/C20H17N3O2S2/c24-17-10-11-20(13-6-2-1-3-7-13)23(17)15(12-26-20)18(25)22-19-21-14-8-4-5-9-16(14)27-19/h1-9,15H,10-12H2,(H,21,22,25)/t15-,20+/m1/s1. The SMILES string of the molecule is O=C(Nc1nc2ccccc2s1)[C@H]1CS[C@]2(c3ccccc3)CCC(=O)N12. The van der Waals surface area contributed by atoms with Gasteiger partial charge in [-0.3, -0.25) is 9.59 Å². The predicted molar refractivity (Wildman–Crippen MR) is 109 cm³/mol. The van der Waals surface area contributed by atoms with Gasteiger partial charge in [-0.2, -0.15) is 0 Å². The van der Waals surface area contributed by atoms with E-state index in [1.54, 1.807) is 16.7 Å². The number of aromatic nitrogens is 1. The van der Waals surface area contributed by atoms with Gasteiger partial charge in [-0.15, -0.1) is 11.8 Å². The van der Waals surface area contributed by atoms with Crippen LogP contribution in [-0.2, 0) is 14.5 Å². The Kier molecular flexibility index (Phi) is 3.94. The number of hydrogen-bond donors (Lipinski definition) is 1. The van der Waals surface area contributed by atoms with E-state index in [1.807, 2.05) is 54.6 Å². The Morgan fingerprint density at radius 1 is 1.15 bits per heavy atom. The quantitative estimate of drug-likeness (QED) is 0.732. The van der Waals surface area contributed by atoms with Crippen molar-refractivity contribution in [1.82, 2.24) is 9.88 Å². The lowest BCUT2D eigenvalue weighted by molar-refractivity contribution is -0.136. The van der Waals surface area contributed by atoms with E-state index in [4.69, 9.17) is 0 Å².